The lowest BCUT2D eigenvalue weighted by Crippen LogP contribution is -1.89. The van der Waals surface area contributed by atoms with Crippen LogP contribution in [0, 0.1) is 0 Å². The monoisotopic (exact) mass is 271 g/mol. The van der Waals surface area contributed by atoms with E-state index in [0.29, 0.717) is 11.4 Å². The summed E-state index contributed by atoms with van der Waals surface area (Å²) in [6, 6.07) is 5.70. The number of halogens is 1. The summed E-state index contributed by atoms with van der Waals surface area (Å²) in [5.74, 6) is 0. The van der Waals surface area contributed by atoms with Crippen LogP contribution in [0.3, 0.4) is 0 Å². The van der Waals surface area contributed by atoms with Gasteiger partial charge in [-0.15, -0.1) is 24.0 Å². The number of nitrogens with zero attached hydrogens (tertiary/aromatic N) is 1. The molecule has 1 heterocycles. The number of hydrogen-bond acceptors (Lipinski definition) is 3. The highest BCUT2D eigenvalue weighted by atomic mass is 35.5. The number of benzene rings is 1. The molecule has 0 fully saturated rings. The first-order valence-electron chi connectivity index (χ1n) is 4.92. The third-order valence-electron chi connectivity index (χ3n) is 2.18. The van der Waals surface area contributed by atoms with Gasteiger partial charge in [-0.25, -0.2) is 4.98 Å². The molecule has 5 heteroatoms. The summed E-state index contributed by atoms with van der Waals surface area (Å²) in [6.07, 6.45) is 2.12. The summed E-state index contributed by atoms with van der Waals surface area (Å²) in [6.45, 7) is 0. The number of carbonyl (C=O) groups excluding carboxylic acids is 1. The highest BCUT2D eigenvalue weighted by Gasteiger charge is 2.04. The Morgan fingerprint density at radius 1 is 1.50 bits per heavy atom. The normalized spacial score (nSPS) is 10.9. The lowest BCUT2D eigenvalue weighted by Gasteiger charge is -1.92. The molecule has 0 radical (unpaired) electrons. The van der Waals surface area contributed by atoms with E-state index >= 15 is 0 Å². The molecule has 0 bridgehead atoms. The third kappa shape index (κ3) is 2.97. The maximum absolute atomic E-state index is 10.7. The zero-order valence-corrected chi connectivity index (χ0v) is 10.9. The molecule has 0 saturated heterocycles. The predicted molar refractivity (Wildman–Crippen MR) is 71.6 cm³/mol. The first-order chi connectivity index (χ1) is 7.65. The lowest BCUT2D eigenvalue weighted by atomic mass is 10.2. The molecule has 0 unspecified atom stereocenters. The Labute approximate surface area is 108 Å². The molecule has 84 valence electrons. The van der Waals surface area contributed by atoms with E-state index in [-0.39, 0.29) is 5.12 Å². The summed E-state index contributed by atoms with van der Waals surface area (Å²) in [4.78, 5) is 15.1. The largest absolute Gasteiger partial charge is 0.288 e. The number of fused-ring (bicyclic) bond motifs is 1. The van der Waals surface area contributed by atoms with Crippen molar-refractivity contribution in [2.75, 3.05) is 0 Å². The van der Waals surface area contributed by atoms with Crippen molar-refractivity contribution in [2.45, 2.75) is 19.3 Å². The summed E-state index contributed by atoms with van der Waals surface area (Å²) in [5.41, 5.74) is 0.935. The number of aryl methyl sites for hydroxylation is 1. The lowest BCUT2D eigenvalue weighted by molar-refractivity contribution is -0.110. The molecule has 0 atom stereocenters. The van der Waals surface area contributed by atoms with Crippen LogP contribution in [0.15, 0.2) is 18.2 Å². The Morgan fingerprint density at radius 3 is 3.06 bits per heavy atom. The van der Waals surface area contributed by atoms with Crippen molar-refractivity contribution in [1.29, 1.82) is 0 Å². The molecule has 2 aromatic rings. The molecule has 0 N–H and O–H groups in total. The Kier molecular flexibility index (Phi) is 3.84. The maximum atomic E-state index is 10.7. The molecule has 1 aromatic carbocycles. The summed E-state index contributed by atoms with van der Waals surface area (Å²) in [7, 11) is 0. The average molecular weight is 272 g/mol. The van der Waals surface area contributed by atoms with Crippen molar-refractivity contribution in [3.8, 4) is 0 Å². The van der Waals surface area contributed by atoms with Crippen LogP contribution in [-0.4, -0.2) is 10.1 Å². The van der Waals surface area contributed by atoms with E-state index < -0.39 is 0 Å². The van der Waals surface area contributed by atoms with Gasteiger partial charge in [0, 0.05) is 11.4 Å². The van der Waals surface area contributed by atoms with Crippen LogP contribution in [0.1, 0.15) is 17.8 Å². The van der Waals surface area contributed by atoms with Crippen molar-refractivity contribution in [3.63, 3.8) is 0 Å². The Hall–Kier alpha value is -0.580. The van der Waals surface area contributed by atoms with Crippen LogP contribution in [0.4, 0.5) is 0 Å². The molecule has 0 aliphatic rings. The van der Waals surface area contributed by atoms with E-state index in [9.17, 15) is 4.79 Å². The van der Waals surface area contributed by atoms with Crippen LogP contribution < -0.4 is 0 Å². The number of hydrogen-bond donors (Lipinski definition) is 1. The number of carbonyl (C=O) groups is 1. The number of thiol groups is 1. The van der Waals surface area contributed by atoms with Gasteiger partial charge in [-0.3, -0.25) is 4.79 Å². The number of thiazole rings is 1. The minimum atomic E-state index is -0.0656. The Balaban J connectivity index is 2.10. The SMILES string of the molecule is O=C(S)CCCc1nc2cc(Cl)ccc2s1. The quantitative estimate of drug-likeness (QED) is 0.859. The fraction of sp³-hybridized carbons (Fsp3) is 0.273. The zero-order chi connectivity index (χ0) is 11.5. The molecule has 0 spiro atoms. The highest BCUT2D eigenvalue weighted by Crippen LogP contribution is 2.25. The minimum absolute atomic E-state index is 0.0656. The van der Waals surface area contributed by atoms with Gasteiger partial charge in [0.2, 0.25) is 0 Å². The maximum Gasteiger partial charge on any atom is 0.185 e. The van der Waals surface area contributed by atoms with Crippen LogP contribution in [0.5, 0.6) is 0 Å². The van der Waals surface area contributed by atoms with E-state index in [1.165, 1.54) is 0 Å². The molecule has 1 aromatic heterocycles. The molecular formula is C11H10ClNOS2. The smallest absolute Gasteiger partial charge is 0.185 e. The molecule has 0 aliphatic carbocycles. The van der Waals surface area contributed by atoms with Gasteiger partial charge in [-0.1, -0.05) is 11.6 Å². The Bertz CT molecular complexity index is 524. The van der Waals surface area contributed by atoms with Gasteiger partial charge in [-0.2, -0.15) is 0 Å². The molecular weight excluding hydrogens is 262 g/mol. The zero-order valence-electron chi connectivity index (χ0n) is 8.44. The van der Waals surface area contributed by atoms with Crippen molar-refractivity contribution < 1.29 is 4.79 Å². The van der Waals surface area contributed by atoms with E-state index in [4.69, 9.17) is 11.6 Å². The molecule has 0 saturated carbocycles. The predicted octanol–water partition coefficient (Wildman–Crippen LogP) is 3.73. The molecule has 2 rings (SSSR count). The minimum Gasteiger partial charge on any atom is -0.288 e. The number of aromatic nitrogens is 1. The standard InChI is InChI=1S/C11H10ClNOS2/c12-7-4-5-9-8(6-7)13-10(16-9)2-1-3-11(14)15/h4-6H,1-3H2,(H,14,15). The fourth-order valence-corrected chi connectivity index (χ4v) is 2.76. The summed E-state index contributed by atoms with van der Waals surface area (Å²) < 4.78 is 1.14. The average Bonchev–Trinajstić information content (AvgIpc) is 2.58. The van der Waals surface area contributed by atoms with Gasteiger partial charge in [0.15, 0.2) is 5.12 Å². The van der Waals surface area contributed by atoms with Crippen LogP contribution >= 0.6 is 35.6 Å². The second-order valence-electron chi connectivity index (χ2n) is 3.47. The van der Waals surface area contributed by atoms with E-state index in [2.05, 4.69) is 17.6 Å². The number of rotatable bonds is 4. The van der Waals surface area contributed by atoms with E-state index in [1.54, 1.807) is 11.3 Å². The van der Waals surface area contributed by atoms with Crippen molar-refractivity contribution >= 4 is 50.9 Å². The van der Waals surface area contributed by atoms with Gasteiger partial charge in [-0.05, 0) is 31.0 Å². The van der Waals surface area contributed by atoms with Gasteiger partial charge in [0.25, 0.3) is 0 Å². The van der Waals surface area contributed by atoms with Gasteiger partial charge in [0.1, 0.15) is 0 Å². The Morgan fingerprint density at radius 2 is 2.31 bits per heavy atom. The van der Waals surface area contributed by atoms with E-state index in [1.807, 2.05) is 18.2 Å². The second kappa shape index (κ2) is 5.17. The van der Waals surface area contributed by atoms with Crippen LogP contribution in [-0.2, 0) is 11.2 Å². The molecule has 0 amide bonds. The molecule has 16 heavy (non-hydrogen) atoms. The summed E-state index contributed by atoms with van der Waals surface area (Å²) in [5, 5.41) is 1.69. The highest BCUT2D eigenvalue weighted by molar-refractivity contribution is 7.96. The third-order valence-corrected chi connectivity index (χ3v) is 3.73. The first kappa shape index (κ1) is 11.9. The van der Waals surface area contributed by atoms with Crippen molar-refractivity contribution in [3.05, 3.63) is 28.2 Å². The van der Waals surface area contributed by atoms with Crippen molar-refractivity contribution in [1.82, 2.24) is 4.98 Å². The van der Waals surface area contributed by atoms with Crippen molar-refractivity contribution in [2.24, 2.45) is 0 Å². The van der Waals surface area contributed by atoms with E-state index in [0.717, 1.165) is 28.1 Å². The van der Waals surface area contributed by atoms with Gasteiger partial charge < -0.3 is 0 Å². The first-order valence-corrected chi connectivity index (χ1v) is 6.56. The second-order valence-corrected chi connectivity index (χ2v) is 5.52. The van der Waals surface area contributed by atoms with Gasteiger partial charge in [0.05, 0.1) is 15.2 Å². The van der Waals surface area contributed by atoms with Crippen LogP contribution in [0.25, 0.3) is 10.2 Å². The van der Waals surface area contributed by atoms with Crippen LogP contribution in [0.2, 0.25) is 5.02 Å². The molecule has 0 aliphatic heterocycles. The molecule has 2 nitrogen and oxygen atoms in total. The topological polar surface area (TPSA) is 30.0 Å². The van der Waals surface area contributed by atoms with Gasteiger partial charge >= 0.3 is 0 Å². The summed E-state index contributed by atoms with van der Waals surface area (Å²) >= 11 is 11.3. The fourth-order valence-electron chi connectivity index (χ4n) is 1.45.